The molecule has 0 spiro atoms. The average molecular weight is 226 g/mol. The highest BCUT2D eigenvalue weighted by Gasteiger charge is 2.53. The lowest BCUT2D eigenvalue weighted by Crippen LogP contribution is -2.41. The first-order chi connectivity index (χ1) is 7.43. The minimum Gasteiger partial charge on any atom is -0.481 e. The molecule has 0 aromatic heterocycles. The molecule has 2 rings (SSSR count). The van der Waals surface area contributed by atoms with Gasteiger partial charge in [0.15, 0.2) is 0 Å². The van der Waals surface area contributed by atoms with Gasteiger partial charge in [-0.15, -0.1) is 0 Å². The largest absolute Gasteiger partial charge is 0.481 e. The van der Waals surface area contributed by atoms with Crippen molar-refractivity contribution in [1.29, 1.82) is 0 Å². The van der Waals surface area contributed by atoms with Gasteiger partial charge in [0.05, 0.1) is 10.8 Å². The third-order valence-electron chi connectivity index (χ3n) is 3.97. The first-order valence-corrected chi connectivity index (χ1v) is 5.66. The SMILES string of the molecule is CC1(C(=O)O)CCN(C(=O)C2(CN)CC2)C1. The Morgan fingerprint density at radius 3 is 2.38 bits per heavy atom. The smallest absolute Gasteiger partial charge is 0.311 e. The lowest BCUT2D eigenvalue weighted by atomic mass is 9.90. The average Bonchev–Trinajstić information content (AvgIpc) is 2.95. The third-order valence-corrected chi connectivity index (χ3v) is 3.97. The summed E-state index contributed by atoms with van der Waals surface area (Å²) in [6.07, 6.45) is 2.24. The fourth-order valence-electron chi connectivity index (χ4n) is 2.30. The Hall–Kier alpha value is -1.10. The summed E-state index contributed by atoms with van der Waals surface area (Å²) in [5.74, 6) is -0.764. The van der Waals surface area contributed by atoms with E-state index in [0.717, 1.165) is 12.8 Å². The summed E-state index contributed by atoms with van der Waals surface area (Å²) < 4.78 is 0. The summed E-state index contributed by atoms with van der Waals surface area (Å²) in [7, 11) is 0. The van der Waals surface area contributed by atoms with E-state index < -0.39 is 11.4 Å². The van der Waals surface area contributed by atoms with Crippen LogP contribution in [0, 0.1) is 10.8 Å². The summed E-state index contributed by atoms with van der Waals surface area (Å²) in [4.78, 5) is 24.9. The van der Waals surface area contributed by atoms with E-state index in [1.807, 2.05) is 0 Å². The van der Waals surface area contributed by atoms with Crippen molar-refractivity contribution < 1.29 is 14.7 Å². The molecule has 1 aliphatic carbocycles. The highest BCUT2D eigenvalue weighted by atomic mass is 16.4. The molecule has 0 aromatic carbocycles. The van der Waals surface area contributed by atoms with Crippen LogP contribution in [0.5, 0.6) is 0 Å². The van der Waals surface area contributed by atoms with Crippen LogP contribution in [0.1, 0.15) is 26.2 Å². The molecular formula is C11H18N2O3. The molecule has 90 valence electrons. The van der Waals surface area contributed by atoms with Gasteiger partial charge in [-0.1, -0.05) is 0 Å². The second-order valence-corrected chi connectivity index (χ2v) is 5.33. The van der Waals surface area contributed by atoms with Crippen molar-refractivity contribution in [2.75, 3.05) is 19.6 Å². The summed E-state index contributed by atoms with van der Waals surface area (Å²) in [6, 6.07) is 0. The normalized spacial score (nSPS) is 31.5. The zero-order chi connectivity index (χ0) is 12.0. The molecule has 3 N–H and O–H groups in total. The Kier molecular flexibility index (Phi) is 2.45. The second kappa shape index (κ2) is 3.45. The zero-order valence-electron chi connectivity index (χ0n) is 9.53. The van der Waals surface area contributed by atoms with Gasteiger partial charge in [0.2, 0.25) is 5.91 Å². The van der Waals surface area contributed by atoms with Crippen molar-refractivity contribution >= 4 is 11.9 Å². The standard InChI is InChI=1S/C11H18N2O3/c1-10(9(15)16)4-5-13(7-10)8(14)11(6-12)2-3-11/h2-7,12H2,1H3,(H,15,16). The van der Waals surface area contributed by atoms with Gasteiger partial charge in [0, 0.05) is 19.6 Å². The van der Waals surface area contributed by atoms with Gasteiger partial charge in [-0.3, -0.25) is 9.59 Å². The minimum absolute atomic E-state index is 0.0555. The van der Waals surface area contributed by atoms with Gasteiger partial charge in [-0.05, 0) is 26.2 Å². The van der Waals surface area contributed by atoms with Gasteiger partial charge in [-0.25, -0.2) is 0 Å². The van der Waals surface area contributed by atoms with Crippen LogP contribution in [-0.4, -0.2) is 41.5 Å². The van der Waals surface area contributed by atoms with E-state index in [9.17, 15) is 9.59 Å². The van der Waals surface area contributed by atoms with Crippen LogP contribution in [0.3, 0.4) is 0 Å². The molecule has 2 aliphatic rings. The summed E-state index contributed by atoms with van der Waals surface area (Å²) in [5.41, 5.74) is 4.47. The number of rotatable bonds is 3. The third kappa shape index (κ3) is 1.59. The number of hydrogen-bond acceptors (Lipinski definition) is 3. The topological polar surface area (TPSA) is 83.6 Å². The van der Waals surface area contributed by atoms with Crippen LogP contribution in [0.25, 0.3) is 0 Å². The summed E-state index contributed by atoms with van der Waals surface area (Å²) in [5, 5.41) is 9.09. The highest BCUT2D eigenvalue weighted by molar-refractivity contribution is 5.87. The van der Waals surface area contributed by atoms with Crippen molar-refractivity contribution in [3.05, 3.63) is 0 Å². The van der Waals surface area contributed by atoms with Gasteiger partial charge in [0.1, 0.15) is 0 Å². The van der Waals surface area contributed by atoms with Crippen LogP contribution in [0.2, 0.25) is 0 Å². The van der Waals surface area contributed by atoms with E-state index >= 15 is 0 Å². The van der Waals surface area contributed by atoms with E-state index in [4.69, 9.17) is 10.8 Å². The molecule has 5 nitrogen and oxygen atoms in total. The molecule has 16 heavy (non-hydrogen) atoms. The molecule has 1 saturated carbocycles. The lowest BCUT2D eigenvalue weighted by molar-refractivity contribution is -0.147. The Balaban J connectivity index is 2.04. The molecule has 5 heteroatoms. The Labute approximate surface area is 94.6 Å². The molecule has 1 unspecified atom stereocenters. The molecule has 1 heterocycles. The monoisotopic (exact) mass is 226 g/mol. The first-order valence-electron chi connectivity index (χ1n) is 5.66. The molecular weight excluding hydrogens is 208 g/mol. The Morgan fingerprint density at radius 1 is 1.38 bits per heavy atom. The summed E-state index contributed by atoms with van der Waals surface area (Å²) in [6.45, 7) is 2.95. The lowest BCUT2D eigenvalue weighted by Gasteiger charge is -2.23. The predicted molar refractivity (Wildman–Crippen MR) is 57.7 cm³/mol. The van der Waals surface area contributed by atoms with E-state index in [-0.39, 0.29) is 11.3 Å². The maximum Gasteiger partial charge on any atom is 0.311 e. The van der Waals surface area contributed by atoms with Crippen molar-refractivity contribution in [3.63, 3.8) is 0 Å². The molecule has 1 amide bonds. The van der Waals surface area contributed by atoms with Crippen LogP contribution >= 0.6 is 0 Å². The van der Waals surface area contributed by atoms with Crippen LogP contribution < -0.4 is 5.73 Å². The van der Waals surface area contributed by atoms with Crippen molar-refractivity contribution in [1.82, 2.24) is 4.90 Å². The maximum absolute atomic E-state index is 12.1. The fraction of sp³-hybridized carbons (Fsp3) is 0.818. The number of hydrogen-bond donors (Lipinski definition) is 2. The molecule has 1 saturated heterocycles. The zero-order valence-corrected chi connectivity index (χ0v) is 9.53. The Morgan fingerprint density at radius 2 is 2.00 bits per heavy atom. The van der Waals surface area contributed by atoms with Gasteiger partial charge in [0.25, 0.3) is 0 Å². The Bertz CT molecular complexity index is 338. The number of carbonyl (C=O) groups is 2. The van der Waals surface area contributed by atoms with Crippen LogP contribution in [0.15, 0.2) is 0 Å². The number of aliphatic carboxylic acids is 1. The molecule has 0 aromatic rings. The second-order valence-electron chi connectivity index (χ2n) is 5.33. The number of amides is 1. The summed E-state index contributed by atoms with van der Waals surface area (Å²) >= 11 is 0. The van der Waals surface area contributed by atoms with E-state index in [2.05, 4.69) is 0 Å². The van der Waals surface area contributed by atoms with Gasteiger partial charge >= 0.3 is 5.97 Å². The molecule has 2 fully saturated rings. The van der Waals surface area contributed by atoms with Crippen molar-refractivity contribution in [2.24, 2.45) is 16.6 Å². The molecule has 0 bridgehead atoms. The van der Waals surface area contributed by atoms with E-state index in [0.29, 0.717) is 26.1 Å². The predicted octanol–water partition coefficient (Wildman–Crippen LogP) is 0.0485. The number of carbonyl (C=O) groups excluding carboxylic acids is 1. The van der Waals surface area contributed by atoms with Crippen molar-refractivity contribution in [3.8, 4) is 0 Å². The number of likely N-dealkylation sites (tertiary alicyclic amines) is 1. The quantitative estimate of drug-likeness (QED) is 0.712. The molecule has 0 radical (unpaired) electrons. The fourth-order valence-corrected chi connectivity index (χ4v) is 2.30. The minimum atomic E-state index is -0.819. The van der Waals surface area contributed by atoms with E-state index in [1.54, 1.807) is 11.8 Å². The van der Waals surface area contributed by atoms with Crippen LogP contribution in [0.4, 0.5) is 0 Å². The number of nitrogens with zero attached hydrogens (tertiary/aromatic N) is 1. The highest BCUT2D eigenvalue weighted by Crippen LogP contribution is 2.47. The number of carboxylic acids is 1. The molecule has 1 aliphatic heterocycles. The number of nitrogens with two attached hydrogens (primary N) is 1. The van der Waals surface area contributed by atoms with E-state index in [1.165, 1.54) is 0 Å². The van der Waals surface area contributed by atoms with Gasteiger partial charge < -0.3 is 15.7 Å². The maximum atomic E-state index is 12.1. The van der Waals surface area contributed by atoms with Crippen LogP contribution in [-0.2, 0) is 9.59 Å². The first kappa shape index (κ1) is 11.4. The molecule has 1 atom stereocenters. The number of carboxylic acid groups (broad SMARTS) is 1. The van der Waals surface area contributed by atoms with Crippen molar-refractivity contribution in [2.45, 2.75) is 26.2 Å². The van der Waals surface area contributed by atoms with Gasteiger partial charge in [-0.2, -0.15) is 0 Å².